The summed E-state index contributed by atoms with van der Waals surface area (Å²) < 4.78 is 21.0. The highest BCUT2D eigenvalue weighted by atomic mass is 16.7. The standard InChI is InChI=1S/C22H25N3O6/c1-13(2)20(24-21(26)14-6-8-17-19(9-14)31-12-30-17)22(27)25-23-11-15-5-7-16(28-3)10-18(15)29-4/h5-11,13,20H,12H2,1-4H3,(H,24,26)(H,25,27)/b23-11+. The van der Waals surface area contributed by atoms with Gasteiger partial charge in [0.15, 0.2) is 11.5 Å². The number of nitrogens with zero attached hydrogens (tertiary/aromatic N) is 1. The second-order valence-electron chi connectivity index (χ2n) is 7.11. The fourth-order valence-corrected chi connectivity index (χ4v) is 2.96. The van der Waals surface area contributed by atoms with Crippen molar-refractivity contribution in [1.29, 1.82) is 0 Å². The SMILES string of the molecule is COc1ccc(/C=N/NC(=O)C(NC(=O)c2ccc3c(c2)OCO3)C(C)C)c(OC)c1. The average Bonchev–Trinajstić information content (AvgIpc) is 3.25. The molecule has 9 heteroatoms. The van der Waals surface area contributed by atoms with Crippen LogP contribution in [0, 0.1) is 5.92 Å². The average molecular weight is 427 g/mol. The van der Waals surface area contributed by atoms with E-state index in [1.807, 2.05) is 13.8 Å². The van der Waals surface area contributed by atoms with E-state index in [-0.39, 0.29) is 12.7 Å². The van der Waals surface area contributed by atoms with Crippen LogP contribution in [0.15, 0.2) is 41.5 Å². The van der Waals surface area contributed by atoms with Crippen molar-refractivity contribution in [1.82, 2.24) is 10.7 Å². The summed E-state index contributed by atoms with van der Waals surface area (Å²) in [6.07, 6.45) is 1.47. The molecule has 0 spiro atoms. The molecule has 0 aromatic heterocycles. The zero-order chi connectivity index (χ0) is 22.4. The Labute approximate surface area is 180 Å². The van der Waals surface area contributed by atoms with Gasteiger partial charge in [0.25, 0.3) is 11.8 Å². The number of nitrogens with one attached hydrogen (secondary N) is 2. The summed E-state index contributed by atoms with van der Waals surface area (Å²) in [6.45, 7) is 3.79. The number of carbonyl (C=O) groups excluding carboxylic acids is 2. The van der Waals surface area contributed by atoms with Crippen molar-refractivity contribution in [3.8, 4) is 23.0 Å². The molecule has 3 rings (SSSR count). The lowest BCUT2D eigenvalue weighted by Gasteiger charge is -2.20. The number of amides is 2. The monoisotopic (exact) mass is 427 g/mol. The largest absolute Gasteiger partial charge is 0.497 e. The number of hydrogen-bond acceptors (Lipinski definition) is 7. The van der Waals surface area contributed by atoms with E-state index in [1.54, 1.807) is 43.5 Å². The topological polar surface area (TPSA) is 107 Å². The molecular weight excluding hydrogens is 402 g/mol. The first-order chi connectivity index (χ1) is 14.9. The van der Waals surface area contributed by atoms with E-state index in [0.717, 1.165) is 0 Å². The molecule has 2 aromatic carbocycles. The Morgan fingerprint density at radius 3 is 2.55 bits per heavy atom. The molecule has 2 amide bonds. The molecule has 9 nitrogen and oxygen atoms in total. The predicted molar refractivity (Wildman–Crippen MR) is 114 cm³/mol. The predicted octanol–water partition coefficient (Wildman–Crippen LogP) is 2.34. The van der Waals surface area contributed by atoms with Gasteiger partial charge in [-0.2, -0.15) is 5.10 Å². The van der Waals surface area contributed by atoms with E-state index in [1.165, 1.54) is 13.3 Å². The Bertz CT molecular complexity index is 989. The fraction of sp³-hybridized carbons (Fsp3) is 0.318. The number of hydrazone groups is 1. The number of ether oxygens (including phenoxy) is 4. The van der Waals surface area contributed by atoms with Gasteiger partial charge in [-0.3, -0.25) is 9.59 Å². The van der Waals surface area contributed by atoms with Crippen molar-refractivity contribution < 1.29 is 28.5 Å². The van der Waals surface area contributed by atoms with Gasteiger partial charge >= 0.3 is 0 Å². The van der Waals surface area contributed by atoms with E-state index in [2.05, 4.69) is 15.8 Å². The minimum absolute atomic E-state index is 0.119. The minimum atomic E-state index is -0.784. The molecular formula is C22H25N3O6. The number of methoxy groups -OCH3 is 2. The van der Waals surface area contributed by atoms with Crippen LogP contribution in [0.25, 0.3) is 0 Å². The summed E-state index contributed by atoms with van der Waals surface area (Å²) in [6, 6.07) is 9.31. The van der Waals surface area contributed by atoms with Crippen LogP contribution in [0.4, 0.5) is 0 Å². The van der Waals surface area contributed by atoms with Crippen LogP contribution in [0.2, 0.25) is 0 Å². The van der Waals surface area contributed by atoms with Crippen LogP contribution in [-0.2, 0) is 4.79 Å². The quantitative estimate of drug-likeness (QED) is 0.495. The van der Waals surface area contributed by atoms with Crippen LogP contribution in [0.5, 0.6) is 23.0 Å². The number of benzene rings is 2. The highest BCUT2D eigenvalue weighted by Crippen LogP contribution is 2.32. The normalized spacial score (nSPS) is 13.2. The first kappa shape index (κ1) is 21.9. The van der Waals surface area contributed by atoms with Crippen molar-refractivity contribution in [3.63, 3.8) is 0 Å². The molecule has 1 aliphatic rings. The third-order valence-electron chi connectivity index (χ3n) is 4.69. The molecule has 0 saturated carbocycles. The Balaban J connectivity index is 1.65. The number of rotatable bonds is 8. The number of carbonyl (C=O) groups is 2. The van der Waals surface area contributed by atoms with E-state index in [4.69, 9.17) is 18.9 Å². The van der Waals surface area contributed by atoms with Gasteiger partial charge < -0.3 is 24.3 Å². The lowest BCUT2D eigenvalue weighted by molar-refractivity contribution is -0.123. The van der Waals surface area contributed by atoms with Crippen molar-refractivity contribution >= 4 is 18.0 Å². The number of hydrogen-bond donors (Lipinski definition) is 2. The van der Waals surface area contributed by atoms with Gasteiger partial charge in [-0.15, -0.1) is 0 Å². The molecule has 2 aromatic rings. The van der Waals surface area contributed by atoms with Gasteiger partial charge in [-0.1, -0.05) is 13.8 Å². The van der Waals surface area contributed by atoms with Gasteiger partial charge in [0, 0.05) is 17.2 Å². The summed E-state index contributed by atoms with van der Waals surface area (Å²) in [7, 11) is 3.10. The maximum absolute atomic E-state index is 12.6. The summed E-state index contributed by atoms with van der Waals surface area (Å²) in [4.78, 5) is 25.3. The van der Waals surface area contributed by atoms with E-state index in [0.29, 0.717) is 34.1 Å². The summed E-state index contributed by atoms with van der Waals surface area (Å²) >= 11 is 0. The zero-order valence-corrected chi connectivity index (χ0v) is 17.8. The second-order valence-corrected chi connectivity index (χ2v) is 7.11. The van der Waals surface area contributed by atoms with Crippen molar-refractivity contribution in [2.75, 3.05) is 21.0 Å². The Morgan fingerprint density at radius 1 is 1.06 bits per heavy atom. The summed E-state index contributed by atoms with van der Waals surface area (Å²) in [5, 5.41) is 6.75. The fourth-order valence-electron chi connectivity index (χ4n) is 2.96. The van der Waals surface area contributed by atoms with Gasteiger partial charge in [0.1, 0.15) is 17.5 Å². The first-order valence-electron chi connectivity index (χ1n) is 9.68. The Morgan fingerprint density at radius 2 is 1.84 bits per heavy atom. The summed E-state index contributed by atoms with van der Waals surface area (Å²) in [5.41, 5.74) is 3.51. The van der Waals surface area contributed by atoms with E-state index < -0.39 is 17.9 Å². The molecule has 0 radical (unpaired) electrons. The Kier molecular flexibility index (Phi) is 6.96. The maximum atomic E-state index is 12.6. The van der Waals surface area contributed by atoms with Crippen LogP contribution < -0.4 is 29.7 Å². The number of fused-ring (bicyclic) bond motifs is 1. The zero-order valence-electron chi connectivity index (χ0n) is 17.8. The third kappa shape index (κ3) is 5.25. The summed E-state index contributed by atoms with van der Waals surface area (Å²) in [5.74, 6) is 1.27. The van der Waals surface area contributed by atoms with Gasteiger partial charge in [-0.25, -0.2) is 5.43 Å². The van der Waals surface area contributed by atoms with Gasteiger partial charge in [-0.05, 0) is 36.2 Å². The highest BCUT2D eigenvalue weighted by molar-refractivity contribution is 5.98. The maximum Gasteiger partial charge on any atom is 0.262 e. The molecule has 1 heterocycles. The molecule has 0 bridgehead atoms. The molecule has 31 heavy (non-hydrogen) atoms. The van der Waals surface area contributed by atoms with Crippen LogP contribution >= 0.6 is 0 Å². The minimum Gasteiger partial charge on any atom is -0.497 e. The molecule has 164 valence electrons. The molecule has 2 N–H and O–H groups in total. The van der Waals surface area contributed by atoms with Crippen LogP contribution in [0.1, 0.15) is 29.8 Å². The molecule has 0 aliphatic carbocycles. The third-order valence-corrected chi connectivity index (χ3v) is 4.69. The smallest absolute Gasteiger partial charge is 0.262 e. The van der Waals surface area contributed by atoms with Gasteiger partial charge in [0.05, 0.1) is 20.4 Å². The van der Waals surface area contributed by atoms with Crippen molar-refractivity contribution in [2.45, 2.75) is 19.9 Å². The lowest BCUT2D eigenvalue weighted by atomic mass is 10.0. The molecule has 0 fully saturated rings. The van der Waals surface area contributed by atoms with Crippen LogP contribution in [0.3, 0.4) is 0 Å². The lowest BCUT2D eigenvalue weighted by Crippen LogP contribution is -2.48. The molecule has 1 atom stereocenters. The molecule has 1 aliphatic heterocycles. The van der Waals surface area contributed by atoms with E-state index >= 15 is 0 Å². The Hall–Kier alpha value is -3.75. The van der Waals surface area contributed by atoms with E-state index in [9.17, 15) is 9.59 Å². The van der Waals surface area contributed by atoms with Crippen LogP contribution in [-0.4, -0.2) is 45.1 Å². The van der Waals surface area contributed by atoms with Crippen molar-refractivity contribution in [3.05, 3.63) is 47.5 Å². The van der Waals surface area contributed by atoms with Gasteiger partial charge in [0.2, 0.25) is 6.79 Å². The van der Waals surface area contributed by atoms with Crippen molar-refractivity contribution in [2.24, 2.45) is 11.0 Å². The molecule has 0 saturated heterocycles. The highest BCUT2D eigenvalue weighted by Gasteiger charge is 2.25. The molecule has 1 unspecified atom stereocenters. The second kappa shape index (κ2) is 9.84. The first-order valence-corrected chi connectivity index (χ1v) is 9.68.